The van der Waals surface area contributed by atoms with Gasteiger partial charge in [-0.2, -0.15) is 10.2 Å². The van der Waals surface area contributed by atoms with E-state index >= 15 is 0 Å². The largest absolute Gasteiger partial charge is 0.486 e. The van der Waals surface area contributed by atoms with E-state index in [1.165, 1.54) is 0 Å². The maximum Gasteiger partial charge on any atom is 0.225 e. The molecule has 2 N–H and O–H groups in total. The van der Waals surface area contributed by atoms with Crippen LogP contribution < -0.4 is 15.2 Å². The van der Waals surface area contributed by atoms with Crippen molar-refractivity contribution in [3.8, 4) is 17.2 Å². The smallest absolute Gasteiger partial charge is 0.225 e. The quantitative estimate of drug-likeness (QED) is 0.693. The van der Waals surface area contributed by atoms with Crippen LogP contribution in [0.25, 0.3) is 5.69 Å². The lowest BCUT2D eigenvalue weighted by Crippen LogP contribution is -2.23. The molecule has 2 aromatic heterocycles. The first-order valence-electron chi connectivity index (χ1n) is 9.18. The Bertz CT molecular complexity index is 1040. The maximum absolute atomic E-state index is 11.4. The number of nitrogens with zero attached hydrogens (tertiary/aromatic N) is 6. The summed E-state index contributed by atoms with van der Waals surface area (Å²) in [7, 11) is 0. The number of ether oxygens (including phenoxy) is 2. The van der Waals surface area contributed by atoms with Gasteiger partial charge in [0.1, 0.15) is 31.2 Å². The van der Waals surface area contributed by atoms with Crippen LogP contribution in [0.5, 0.6) is 11.5 Å². The number of fused-ring (bicyclic) bond motifs is 2. The minimum absolute atomic E-state index is 0.00809. The normalized spacial score (nSPS) is 17.9. The summed E-state index contributed by atoms with van der Waals surface area (Å²) in [6, 6.07) is 5.65. The predicted octanol–water partition coefficient (Wildman–Crippen LogP) is 0.388. The molecule has 0 saturated heterocycles. The van der Waals surface area contributed by atoms with Crippen LogP contribution in [0, 0.1) is 0 Å². The number of primary amides is 1. The third-order valence-corrected chi connectivity index (χ3v) is 4.95. The number of aromatic nitrogens is 6. The van der Waals surface area contributed by atoms with Crippen LogP contribution in [0.4, 0.5) is 0 Å². The second-order valence-electron chi connectivity index (χ2n) is 6.86. The number of nitrogens with two attached hydrogens (primary N) is 1. The van der Waals surface area contributed by atoms with Gasteiger partial charge in [0.05, 0.1) is 18.7 Å². The Hall–Kier alpha value is -3.43. The molecule has 3 aromatic rings. The van der Waals surface area contributed by atoms with Crippen LogP contribution in [-0.4, -0.2) is 48.6 Å². The molecule has 144 valence electrons. The molecule has 28 heavy (non-hydrogen) atoms. The third-order valence-electron chi connectivity index (χ3n) is 4.95. The summed E-state index contributed by atoms with van der Waals surface area (Å²) in [5.74, 6) is 3.15. The molecule has 0 radical (unpaired) electrons. The molecule has 0 spiro atoms. The van der Waals surface area contributed by atoms with E-state index in [4.69, 9.17) is 15.2 Å². The molecule has 2 aliphatic rings. The fourth-order valence-corrected chi connectivity index (χ4v) is 3.67. The number of rotatable bonds is 4. The fourth-order valence-electron chi connectivity index (χ4n) is 3.67. The summed E-state index contributed by atoms with van der Waals surface area (Å²) < 4.78 is 15.0. The van der Waals surface area contributed by atoms with E-state index in [1.807, 2.05) is 22.9 Å². The standard InChI is InChI=1S/C18H19N7O3/c19-15(26)8-16-22-18(11-1-4-17-20-10-21-24(17)9-11)25(23-16)12-2-3-13-14(7-12)28-6-5-27-13/h2-3,7,10-11H,1,4-6,8-9H2,(H2,19,26). The van der Waals surface area contributed by atoms with Crippen LogP contribution >= 0.6 is 0 Å². The zero-order valence-corrected chi connectivity index (χ0v) is 15.1. The molecule has 1 amide bonds. The maximum atomic E-state index is 11.4. The van der Waals surface area contributed by atoms with Crippen molar-refractivity contribution in [1.29, 1.82) is 0 Å². The lowest BCUT2D eigenvalue weighted by atomic mass is 9.99. The molecule has 0 aliphatic carbocycles. The number of aryl methyl sites for hydroxylation is 1. The highest BCUT2D eigenvalue weighted by Gasteiger charge is 2.28. The van der Waals surface area contributed by atoms with Gasteiger partial charge in [-0.1, -0.05) is 0 Å². The first-order valence-corrected chi connectivity index (χ1v) is 9.18. The zero-order valence-electron chi connectivity index (χ0n) is 15.1. The van der Waals surface area contributed by atoms with Gasteiger partial charge in [-0.05, 0) is 18.6 Å². The van der Waals surface area contributed by atoms with Gasteiger partial charge in [0.2, 0.25) is 5.91 Å². The van der Waals surface area contributed by atoms with E-state index in [1.54, 1.807) is 11.0 Å². The van der Waals surface area contributed by atoms with Gasteiger partial charge < -0.3 is 15.2 Å². The number of benzene rings is 1. The third kappa shape index (κ3) is 2.96. The van der Waals surface area contributed by atoms with Crippen molar-refractivity contribution in [2.45, 2.75) is 31.7 Å². The molecule has 1 unspecified atom stereocenters. The number of hydrogen-bond acceptors (Lipinski definition) is 7. The van der Waals surface area contributed by atoms with Gasteiger partial charge in [0.25, 0.3) is 0 Å². The van der Waals surface area contributed by atoms with E-state index in [-0.39, 0.29) is 12.3 Å². The lowest BCUT2D eigenvalue weighted by molar-refractivity contribution is -0.117. The average Bonchev–Trinajstić information content (AvgIpc) is 3.33. The molecule has 1 aromatic carbocycles. The Morgan fingerprint density at radius 3 is 2.96 bits per heavy atom. The van der Waals surface area contributed by atoms with Crippen molar-refractivity contribution < 1.29 is 14.3 Å². The van der Waals surface area contributed by atoms with Crippen molar-refractivity contribution >= 4 is 5.91 Å². The molecule has 0 fully saturated rings. The van der Waals surface area contributed by atoms with Crippen LogP contribution in [0.15, 0.2) is 24.5 Å². The second kappa shape index (κ2) is 6.63. The highest BCUT2D eigenvalue weighted by Crippen LogP contribution is 2.34. The Labute approximate surface area is 160 Å². The molecule has 1 atom stereocenters. The summed E-state index contributed by atoms with van der Waals surface area (Å²) >= 11 is 0. The van der Waals surface area contributed by atoms with Crippen molar-refractivity contribution in [3.05, 3.63) is 42.0 Å². The van der Waals surface area contributed by atoms with Gasteiger partial charge in [0.15, 0.2) is 17.3 Å². The summed E-state index contributed by atoms with van der Waals surface area (Å²) in [5, 5.41) is 8.84. The van der Waals surface area contributed by atoms with Crippen LogP contribution in [-0.2, 0) is 24.2 Å². The highest BCUT2D eigenvalue weighted by atomic mass is 16.6. The van der Waals surface area contributed by atoms with Crippen LogP contribution in [0.2, 0.25) is 0 Å². The average molecular weight is 381 g/mol. The first-order chi connectivity index (χ1) is 13.7. The van der Waals surface area contributed by atoms with Crippen molar-refractivity contribution in [1.82, 2.24) is 29.5 Å². The molecular formula is C18H19N7O3. The number of amides is 1. The number of carbonyl (C=O) groups excluding carboxylic acids is 1. The minimum atomic E-state index is -0.465. The van der Waals surface area contributed by atoms with E-state index in [9.17, 15) is 4.79 Å². The SMILES string of the molecule is NC(=O)Cc1nc(C2CCc3ncnn3C2)n(-c2ccc3c(c2)OCCO3)n1. The Kier molecular flexibility index (Phi) is 3.96. The minimum Gasteiger partial charge on any atom is -0.486 e. The summed E-state index contributed by atoms with van der Waals surface area (Å²) in [6.07, 6.45) is 3.25. The van der Waals surface area contributed by atoms with Gasteiger partial charge in [-0.15, -0.1) is 0 Å². The van der Waals surface area contributed by atoms with E-state index in [2.05, 4.69) is 20.2 Å². The first kappa shape index (κ1) is 16.7. The van der Waals surface area contributed by atoms with E-state index < -0.39 is 5.91 Å². The topological polar surface area (TPSA) is 123 Å². The van der Waals surface area contributed by atoms with Crippen LogP contribution in [0.3, 0.4) is 0 Å². The molecule has 10 nitrogen and oxygen atoms in total. The lowest BCUT2D eigenvalue weighted by Gasteiger charge is -2.23. The monoisotopic (exact) mass is 381 g/mol. The molecule has 10 heteroatoms. The van der Waals surface area contributed by atoms with Crippen molar-refractivity contribution in [2.75, 3.05) is 13.2 Å². The Balaban J connectivity index is 1.55. The van der Waals surface area contributed by atoms with E-state index in [0.717, 1.165) is 30.2 Å². The zero-order chi connectivity index (χ0) is 19.1. The van der Waals surface area contributed by atoms with Crippen molar-refractivity contribution in [3.63, 3.8) is 0 Å². The molecular weight excluding hydrogens is 362 g/mol. The van der Waals surface area contributed by atoms with Gasteiger partial charge in [0, 0.05) is 18.4 Å². The molecule has 0 bridgehead atoms. The fraction of sp³-hybridized carbons (Fsp3) is 0.389. The van der Waals surface area contributed by atoms with Crippen LogP contribution in [0.1, 0.15) is 29.8 Å². The highest BCUT2D eigenvalue weighted by molar-refractivity contribution is 5.75. The molecule has 2 aliphatic heterocycles. The summed E-state index contributed by atoms with van der Waals surface area (Å²) in [6.45, 7) is 1.70. The molecule has 4 heterocycles. The molecule has 5 rings (SSSR count). The summed E-state index contributed by atoms with van der Waals surface area (Å²) in [4.78, 5) is 20.3. The Morgan fingerprint density at radius 1 is 1.25 bits per heavy atom. The van der Waals surface area contributed by atoms with E-state index in [0.29, 0.717) is 37.1 Å². The van der Waals surface area contributed by atoms with Gasteiger partial charge in [-0.25, -0.2) is 19.3 Å². The number of hydrogen-bond donors (Lipinski definition) is 1. The van der Waals surface area contributed by atoms with Gasteiger partial charge in [-0.3, -0.25) is 4.79 Å². The summed E-state index contributed by atoms with van der Waals surface area (Å²) in [5.41, 5.74) is 6.15. The second-order valence-corrected chi connectivity index (χ2v) is 6.86. The number of carbonyl (C=O) groups is 1. The Morgan fingerprint density at radius 2 is 2.11 bits per heavy atom. The van der Waals surface area contributed by atoms with Gasteiger partial charge >= 0.3 is 0 Å². The van der Waals surface area contributed by atoms with Crippen molar-refractivity contribution in [2.24, 2.45) is 5.73 Å². The molecule has 0 saturated carbocycles. The predicted molar refractivity (Wildman–Crippen MR) is 96.3 cm³/mol.